The second kappa shape index (κ2) is 21.5. The first-order chi connectivity index (χ1) is 55.0. The molecular weight excluding hydrogens is 1360 g/mol. The van der Waals surface area contributed by atoms with E-state index in [1.54, 1.807) is 0 Å². The lowest BCUT2D eigenvalue weighted by molar-refractivity contribution is 0.662. The van der Waals surface area contributed by atoms with Crippen LogP contribution >= 0.6 is 0 Å². The highest BCUT2D eigenvalue weighted by Gasteiger charge is 2.46. The molecule has 9 heteroatoms. The van der Waals surface area contributed by atoms with Gasteiger partial charge in [0.25, 0.3) is 0 Å². The highest BCUT2D eigenvalue weighted by atomic mass is 16.3. The maximum atomic E-state index is 7.16. The Morgan fingerprint density at radius 2 is 0.622 bits per heavy atom. The summed E-state index contributed by atoms with van der Waals surface area (Å²) in [6, 6.07) is 116. The second-order valence-corrected chi connectivity index (χ2v) is 30.2. The van der Waals surface area contributed by atoms with Gasteiger partial charge in [0.2, 0.25) is 11.9 Å². The number of fused-ring (bicyclic) bond motifs is 36. The smallest absolute Gasteiger partial charge is 0.236 e. The summed E-state index contributed by atoms with van der Waals surface area (Å²) >= 11 is 0. The summed E-state index contributed by atoms with van der Waals surface area (Å²) < 4.78 is 25.5. The fourth-order valence-electron chi connectivity index (χ4n) is 20.0. The van der Waals surface area contributed by atoms with Gasteiger partial charge in [-0.1, -0.05) is 255 Å². The van der Waals surface area contributed by atoms with Gasteiger partial charge in [0.1, 0.15) is 39.1 Å². The first-order valence-corrected chi connectivity index (χ1v) is 37.9. The molecule has 0 saturated carbocycles. The monoisotopic (exact) mass is 1410 g/mol. The zero-order valence-electron chi connectivity index (χ0n) is 59.5. The van der Waals surface area contributed by atoms with Crippen molar-refractivity contribution in [1.29, 1.82) is 0 Å². The summed E-state index contributed by atoms with van der Waals surface area (Å²) in [5.41, 5.74) is 16.7. The van der Waals surface area contributed by atoms with Gasteiger partial charge in [-0.3, -0.25) is 9.13 Å². The van der Waals surface area contributed by atoms with Gasteiger partial charge in [0.15, 0.2) is 5.58 Å². The summed E-state index contributed by atoms with van der Waals surface area (Å²) in [6.07, 6.45) is 0. The number of benzene rings is 18. The molecule has 26 rings (SSSR count). The standard InChI is InChI=1S/C102H56N6O3/c1-102(78-40-16-12-34-73(78)93-92(102)94(75-38-20-36-71-65-31-13-17-41-83(65)109-97(71)75)104-100(103-93)107-79-50-44-55-22-2-4-24-58(55)88(79)90-81(107)52-48-68-62-28-7-6-26-60(62)61-27-10-11-33-67(61)86(68)90)57-46-47-70-77(54-57)64-30-9-8-29-63(64)69-49-53-82-91(87(69)70)89-59-25-5-3-23-56(59)45-51-80(89)108(82)101-105-95-74-35-15-19-43-85(74)111-99(95)96(106-101)76-39-21-37-72-66-32-14-18-42-84(66)110-98(72)76/h2-54H,1H3. The second-order valence-electron chi connectivity index (χ2n) is 30.2. The van der Waals surface area contributed by atoms with Crippen LogP contribution in [0.15, 0.2) is 335 Å². The maximum Gasteiger partial charge on any atom is 0.236 e. The molecule has 1 unspecified atom stereocenters. The molecule has 1 aliphatic carbocycles. The Bertz CT molecular complexity index is 8550. The Labute approximate surface area is 630 Å². The average Bonchev–Trinajstić information content (AvgIpc) is 1.56. The molecule has 0 aliphatic heterocycles. The van der Waals surface area contributed by atoms with Crippen molar-refractivity contribution in [3.8, 4) is 45.7 Å². The van der Waals surface area contributed by atoms with E-state index in [1.165, 1.54) is 48.5 Å². The number of nitrogens with zero attached hydrogens (tertiary/aromatic N) is 6. The van der Waals surface area contributed by atoms with Gasteiger partial charge >= 0.3 is 0 Å². The van der Waals surface area contributed by atoms with Gasteiger partial charge < -0.3 is 13.3 Å². The van der Waals surface area contributed by atoms with Gasteiger partial charge in [-0.2, -0.15) is 0 Å². The lowest BCUT2D eigenvalue weighted by Crippen LogP contribution is -2.24. The van der Waals surface area contributed by atoms with Crippen molar-refractivity contribution in [2.24, 2.45) is 0 Å². The number of para-hydroxylation sites is 5. The molecule has 0 bridgehead atoms. The molecule has 0 spiro atoms. The van der Waals surface area contributed by atoms with E-state index in [0.717, 1.165) is 186 Å². The molecule has 7 heterocycles. The molecule has 0 amide bonds. The fraction of sp³-hybridized carbons (Fsp3) is 0.0196. The molecule has 111 heavy (non-hydrogen) atoms. The largest absolute Gasteiger partial charge is 0.455 e. The van der Waals surface area contributed by atoms with E-state index in [0.29, 0.717) is 23.2 Å². The summed E-state index contributed by atoms with van der Waals surface area (Å²) in [7, 11) is 0. The Balaban J connectivity index is 0.758. The third kappa shape index (κ3) is 7.72. The van der Waals surface area contributed by atoms with Crippen LogP contribution in [-0.4, -0.2) is 29.1 Å². The van der Waals surface area contributed by atoms with Crippen molar-refractivity contribution < 1.29 is 13.3 Å². The van der Waals surface area contributed by atoms with E-state index in [-0.39, 0.29) is 0 Å². The minimum atomic E-state index is -0.846. The number of rotatable bonds is 5. The zero-order valence-corrected chi connectivity index (χ0v) is 59.5. The number of furan rings is 3. The molecule has 0 N–H and O–H groups in total. The van der Waals surface area contributed by atoms with Crippen LogP contribution in [0.3, 0.4) is 0 Å². The van der Waals surface area contributed by atoms with Crippen LogP contribution in [0, 0.1) is 0 Å². The molecule has 0 fully saturated rings. The molecule has 1 atom stereocenters. The van der Waals surface area contributed by atoms with Crippen LogP contribution < -0.4 is 0 Å². The quantitative estimate of drug-likeness (QED) is 0.158. The third-order valence-electron chi connectivity index (χ3n) is 24.8. The normalized spacial score (nSPS) is 14.0. The molecule has 512 valence electrons. The van der Waals surface area contributed by atoms with Crippen LogP contribution in [0.5, 0.6) is 0 Å². The fourth-order valence-corrected chi connectivity index (χ4v) is 20.0. The molecule has 7 aromatic heterocycles. The Morgan fingerprint density at radius 3 is 1.20 bits per heavy atom. The van der Waals surface area contributed by atoms with Crippen LogP contribution in [0.1, 0.15) is 23.6 Å². The van der Waals surface area contributed by atoms with E-state index in [9.17, 15) is 0 Å². The van der Waals surface area contributed by atoms with Crippen molar-refractivity contribution in [2.45, 2.75) is 12.3 Å². The van der Waals surface area contributed by atoms with E-state index >= 15 is 0 Å². The summed E-state index contributed by atoms with van der Waals surface area (Å²) in [5, 5.41) is 28.3. The number of hydrogen-bond donors (Lipinski definition) is 0. The molecule has 18 aromatic carbocycles. The van der Waals surface area contributed by atoms with Crippen LogP contribution in [0.2, 0.25) is 0 Å². The van der Waals surface area contributed by atoms with Gasteiger partial charge in [-0.25, -0.2) is 19.9 Å². The number of aromatic nitrogens is 6. The topological polar surface area (TPSA) is 101 Å². The first kappa shape index (κ1) is 59.4. The lowest BCUT2D eigenvalue weighted by atomic mass is 9.72. The zero-order chi connectivity index (χ0) is 72.2. The minimum absolute atomic E-state index is 0.521. The molecule has 25 aromatic rings. The van der Waals surface area contributed by atoms with E-state index in [2.05, 4.69) is 307 Å². The Morgan fingerprint density at radius 1 is 0.252 bits per heavy atom. The summed E-state index contributed by atoms with van der Waals surface area (Å²) in [5.74, 6) is 1.10. The first-order valence-electron chi connectivity index (χ1n) is 37.9. The molecular formula is C102H56N6O3. The maximum absolute atomic E-state index is 7.16. The third-order valence-corrected chi connectivity index (χ3v) is 24.8. The molecule has 0 radical (unpaired) electrons. The van der Waals surface area contributed by atoms with Gasteiger partial charge in [0.05, 0.1) is 33.5 Å². The highest BCUT2D eigenvalue weighted by molar-refractivity contribution is 6.40. The highest BCUT2D eigenvalue weighted by Crippen LogP contribution is 2.58. The Kier molecular flexibility index (Phi) is 11.5. The van der Waals surface area contributed by atoms with E-state index in [1.807, 2.05) is 30.3 Å². The number of hydrogen-bond acceptors (Lipinski definition) is 7. The predicted octanol–water partition coefficient (Wildman–Crippen LogP) is 27.1. The summed E-state index contributed by atoms with van der Waals surface area (Å²) in [6.45, 7) is 2.41. The van der Waals surface area contributed by atoms with E-state index < -0.39 is 5.41 Å². The van der Waals surface area contributed by atoms with E-state index in [4.69, 9.17) is 33.2 Å². The molecule has 1 aliphatic rings. The van der Waals surface area contributed by atoms with Gasteiger partial charge in [-0.15, -0.1) is 0 Å². The molecule has 9 nitrogen and oxygen atoms in total. The van der Waals surface area contributed by atoms with Gasteiger partial charge in [0, 0.05) is 86.9 Å². The van der Waals surface area contributed by atoms with Crippen molar-refractivity contribution in [1.82, 2.24) is 29.1 Å². The van der Waals surface area contributed by atoms with Crippen molar-refractivity contribution >= 4 is 196 Å². The van der Waals surface area contributed by atoms with Crippen molar-refractivity contribution in [3.63, 3.8) is 0 Å². The van der Waals surface area contributed by atoms with Crippen LogP contribution in [-0.2, 0) is 5.41 Å². The lowest BCUT2D eigenvalue weighted by Gasteiger charge is -2.30. The summed E-state index contributed by atoms with van der Waals surface area (Å²) in [4.78, 5) is 23.6. The SMILES string of the molecule is CC1(c2ccc3c(c2)c2ccccc2c2ccc4c(c23)c2c3ccccc3ccc2n4-c2nc(-c3cccc4c3oc3ccccc34)c3oc4ccccc4c3n2)c2ccccc2-c2nc(-n3c4ccc5ccccc5c4c4c5c6ccccc6c6ccccc6c5ccc43)nc(-c3cccc4c3oc3ccccc34)c21. The van der Waals surface area contributed by atoms with Crippen molar-refractivity contribution in [3.05, 3.63) is 338 Å². The molecule has 0 saturated heterocycles. The minimum Gasteiger partial charge on any atom is -0.455 e. The van der Waals surface area contributed by atoms with Crippen LogP contribution in [0.4, 0.5) is 0 Å². The van der Waals surface area contributed by atoms with Crippen LogP contribution in [0.25, 0.3) is 241 Å². The van der Waals surface area contributed by atoms with Gasteiger partial charge in [-0.05, 0) is 160 Å². The average molecular weight is 1410 g/mol. The van der Waals surface area contributed by atoms with Crippen molar-refractivity contribution in [2.75, 3.05) is 0 Å². The predicted molar refractivity (Wildman–Crippen MR) is 456 cm³/mol. The Hall–Kier alpha value is -14.8.